The van der Waals surface area contributed by atoms with Gasteiger partial charge in [0, 0.05) is 17.0 Å². The Morgan fingerprint density at radius 1 is 1.12 bits per heavy atom. The number of aliphatic hydroxyl groups is 2. The van der Waals surface area contributed by atoms with Crippen molar-refractivity contribution in [2.45, 2.75) is 37.5 Å². The molecule has 2 fully saturated rings. The first kappa shape index (κ1) is 19.9. The maximum Gasteiger partial charge on any atom is 0.145 e. The van der Waals surface area contributed by atoms with Gasteiger partial charge in [0.2, 0.25) is 0 Å². The minimum Gasteiger partial charge on any atom is -0.390 e. The molecule has 3 heterocycles. The number of benzene rings is 1. The molecule has 1 aromatic carbocycles. The van der Waals surface area contributed by atoms with Crippen LogP contribution in [0.5, 0.6) is 0 Å². The molecule has 2 aliphatic rings. The highest BCUT2D eigenvalue weighted by Crippen LogP contribution is 2.69. The SMILES string of the molecule is Nc1nc2cc(CC[C@]34C[C@@H]3[C@@H](n3ccc5c(N)ncnc53)[C@H](O)[C@@H]4O)ccc2cc1Br. The van der Waals surface area contributed by atoms with Crippen LogP contribution in [0.25, 0.3) is 21.9 Å². The number of rotatable bonds is 4. The molecule has 4 aromatic rings. The molecule has 0 amide bonds. The van der Waals surface area contributed by atoms with E-state index < -0.39 is 12.2 Å². The van der Waals surface area contributed by atoms with Gasteiger partial charge in [0.1, 0.15) is 29.7 Å². The van der Waals surface area contributed by atoms with Crippen molar-refractivity contribution in [2.24, 2.45) is 11.3 Å². The van der Waals surface area contributed by atoms with Gasteiger partial charge >= 0.3 is 0 Å². The molecule has 9 heteroatoms. The summed E-state index contributed by atoms with van der Waals surface area (Å²) >= 11 is 3.42. The molecule has 0 radical (unpaired) electrons. The fourth-order valence-corrected chi connectivity index (χ4v) is 6.01. The Bertz CT molecular complexity index is 1370. The van der Waals surface area contributed by atoms with E-state index in [0.29, 0.717) is 17.3 Å². The Labute approximate surface area is 192 Å². The fraction of sp³-hybridized carbons (Fsp3) is 0.348. The lowest BCUT2D eigenvalue weighted by atomic mass is 9.91. The van der Waals surface area contributed by atoms with Crippen molar-refractivity contribution in [3.05, 3.63) is 52.9 Å². The zero-order valence-electron chi connectivity index (χ0n) is 17.2. The van der Waals surface area contributed by atoms with Gasteiger partial charge in [0.25, 0.3) is 0 Å². The van der Waals surface area contributed by atoms with Crippen molar-refractivity contribution >= 4 is 49.5 Å². The van der Waals surface area contributed by atoms with Crippen molar-refractivity contribution in [1.82, 2.24) is 19.5 Å². The van der Waals surface area contributed by atoms with Crippen LogP contribution in [0.3, 0.4) is 0 Å². The zero-order chi connectivity index (χ0) is 22.2. The van der Waals surface area contributed by atoms with Crippen molar-refractivity contribution < 1.29 is 10.2 Å². The normalized spacial score (nSPS) is 29.0. The van der Waals surface area contributed by atoms with Gasteiger partial charge in [0.05, 0.1) is 27.5 Å². The van der Waals surface area contributed by atoms with E-state index in [2.05, 4.69) is 43.0 Å². The molecule has 0 spiro atoms. The predicted octanol–water partition coefficient (Wildman–Crippen LogP) is 2.82. The average molecular weight is 495 g/mol. The summed E-state index contributed by atoms with van der Waals surface area (Å²) < 4.78 is 2.75. The standard InChI is InChI=1S/C23H23BrN6O2/c24-15-8-12-2-1-11(7-16(12)29-21(15)26)3-5-23-9-14(23)17(18(31)19(23)32)30-6-4-13-20(25)27-10-28-22(13)30/h1-2,4,6-8,10,14,17-19,31-32H,3,5,9H2,(H2,26,29)(H2,25,27,28)/t14-,17-,18+,19+,23+/m1/s1. The first-order valence-corrected chi connectivity index (χ1v) is 11.5. The predicted molar refractivity (Wildman–Crippen MR) is 126 cm³/mol. The molecule has 164 valence electrons. The molecule has 0 unspecified atom stereocenters. The number of nitrogens with two attached hydrogens (primary N) is 2. The number of hydrogen-bond acceptors (Lipinski definition) is 7. The molecule has 0 bridgehead atoms. The van der Waals surface area contributed by atoms with Gasteiger partial charge in [-0.3, -0.25) is 0 Å². The molecule has 0 saturated heterocycles. The van der Waals surface area contributed by atoms with E-state index in [1.807, 2.05) is 29.0 Å². The van der Waals surface area contributed by atoms with Gasteiger partial charge in [-0.05, 0) is 64.9 Å². The molecular weight excluding hydrogens is 472 g/mol. The minimum atomic E-state index is -0.851. The van der Waals surface area contributed by atoms with Crippen LogP contribution in [0.15, 0.2) is 47.3 Å². The number of halogens is 1. The number of anilines is 2. The summed E-state index contributed by atoms with van der Waals surface area (Å²) in [6.45, 7) is 0. The third-order valence-electron chi connectivity index (χ3n) is 7.46. The maximum atomic E-state index is 11.0. The smallest absolute Gasteiger partial charge is 0.145 e. The Kier molecular flexibility index (Phi) is 4.27. The van der Waals surface area contributed by atoms with Gasteiger partial charge in [0.15, 0.2) is 0 Å². The van der Waals surface area contributed by atoms with Crippen LogP contribution in [0.2, 0.25) is 0 Å². The molecular formula is C23H23BrN6O2. The van der Waals surface area contributed by atoms with Crippen LogP contribution in [-0.2, 0) is 6.42 Å². The van der Waals surface area contributed by atoms with Crippen molar-refractivity contribution in [3.8, 4) is 0 Å². The third kappa shape index (κ3) is 2.78. The molecule has 6 rings (SSSR count). The highest BCUT2D eigenvalue weighted by atomic mass is 79.9. The van der Waals surface area contributed by atoms with Crippen molar-refractivity contribution in [3.63, 3.8) is 0 Å². The highest BCUT2D eigenvalue weighted by Gasteiger charge is 2.70. The molecule has 32 heavy (non-hydrogen) atoms. The Balaban J connectivity index is 1.26. The number of nitrogen functional groups attached to an aromatic ring is 2. The number of aryl methyl sites for hydroxylation is 1. The van der Waals surface area contributed by atoms with Crippen LogP contribution in [0.1, 0.15) is 24.4 Å². The van der Waals surface area contributed by atoms with Gasteiger partial charge < -0.3 is 26.2 Å². The van der Waals surface area contributed by atoms with Gasteiger partial charge in [-0.2, -0.15) is 0 Å². The molecule has 5 atom stereocenters. The lowest BCUT2D eigenvalue weighted by Gasteiger charge is -2.24. The van der Waals surface area contributed by atoms with Crippen molar-refractivity contribution in [2.75, 3.05) is 11.5 Å². The summed E-state index contributed by atoms with van der Waals surface area (Å²) in [6, 6.07) is 9.81. The highest BCUT2D eigenvalue weighted by molar-refractivity contribution is 9.10. The summed E-state index contributed by atoms with van der Waals surface area (Å²) in [5.41, 5.74) is 14.3. The first-order valence-electron chi connectivity index (χ1n) is 10.7. The second-order valence-corrected chi connectivity index (χ2v) is 9.93. The van der Waals surface area contributed by atoms with Gasteiger partial charge in [-0.15, -0.1) is 0 Å². The summed E-state index contributed by atoms with van der Waals surface area (Å²) in [6.07, 6.45) is 4.16. The Morgan fingerprint density at radius 3 is 2.81 bits per heavy atom. The van der Waals surface area contributed by atoms with E-state index in [4.69, 9.17) is 11.5 Å². The Hall–Kier alpha value is -2.75. The molecule has 8 nitrogen and oxygen atoms in total. The molecule has 2 saturated carbocycles. The average Bonchev–Trinajstić information content (AvgIpc) is 3.27. The van der Waals surface area contributed by atoms with Crippen LogP contribution >= 0.6 is 15.9 Å². The van der Waals surface area contributed by atoms with E-state index in [9.17, 15) is 10.2 Å². The van der Waals surface area contributed by atoms with Crippen LogP contribution in [-0.4, -0.2) is 41.9 Å². The van der Waals surface area contributed by atoms with Gasteiger partial charge in [-0.25, -0.2) is 15.0 Å². The van der Waals surface area contributed by atoms with E-state index in [-0.39, 0.29) is 17.4 Å². The topological polar surface area (TPSA) is 136 Å². The third-order valence-corrected chi connectivity index (χ3v) is 8.09. The second kappa shape index (κ2) is 6.87. The molecule has 2 aliphatic carbocycles. The van der Waals surface area contributed by atoms with Crippen LogP contribution < -0.4 is 11.5 Å². The number of pyridine rings is 1. The molecule has 3 aromatic heterocycles. The number of hydrogen-bond donors (Lipinski definition) is 4. The first-order chi connectivity index (χ1) is 15.4. The summed E-state index contributed by atoms with van der Waals surface area (Å²) in [5.74, 6) is 1.07. The number of aliphatic hydroxyl groups excluding tert-OH is 2. The van der Waals surface area contributed by atoms with E-state index in [1.165, 1.54) is 6.33 Å². The number of nitrogens with zero attached hydrogens (tertiary/aromatic N) is 4. The molecule has 6 N–H and O–H groups in total. The van der Waals surface area contributed by atoms with Crippen LogP contribution in [0.4, 0.5) is 11.6 Å². The monoisotopic (exact) mass is 494 g/mol. The maximum absolute atomic E-state index is 11.0. The van der Waals surface area contributed by atoms with Gasteiger partial charge in [-0.1, -0.05) is 12.1 Å². The van der Waals surface area contributed by atoms with Crippen molar-refractivity contribution in [1.29, 1.82) is 0 Å². The lowest BCUT2D eigenvalue weighted by molar-refractivity contribution is -0.0191. The van der Waals surface area contributed by atoms with E-state index in [0.717, 1.165) is 45.6 Å². The zero-order valence-corrected chi connectivity index (χ0v) is 18.8. The van der Waals surface area contributed by atoms with E-state index in [1.54, 1.807) is 0 Å². The number of fused-ring (bicyclic) bond motifs is 3. The van der Waals surface area contributed by atoms with Crippen LogP contribution in [0, 0.1) is 11.3 Å². The lowest BCUT2D eigenvalue weighted by Crippen LogP contribution is -2.34. The second-order valence-electron chi connectivity index (χ2n) is 9.07. The fourth-order valence-electron chi connectivity index (χ4n) is 5.68. The summed E-state index contributed by atoms with van der Waals surface area (Å²) in [5, 5.41) is 23.7. The number of aromatic nitrogens is 4. The minimum absolute atomic E-state index is 0.185. The Morgan fingerprint density at radius 2 is 1.97 bits per heavy atom. The summed E-state index contributed by atoms with van der Waals surface area (Å²) in [4.78, 5) is 12.9. The molecule has 0 aliphatic heterocycles. The van der Waals surface area contributed by atoms with E-state index >= 15 is 0 Å². The summed E-state index contributed by atoms with van der Waals surface area (Å²) in [7, 11) is 0. The largest absolute Gasteiger partial charge is 0.390 e. The quantitative estimate of drug-likeness (QED) is 0.342.